The third-order valence-electron chi connectivity index (χ3n) is 5.32. The van der Waals surface area contributed by atoms with Gasteiger partial charge >= 0.3 is 0 Å². The normalized spacial score (nSPS) is 11.1. The fourth-order valence-corrected chi connectivity index (χ4v) is 3.88. The van der Waals surface area contributed by atoms with E-state index in [4.69, 9.17) is 16.3 Å². The van der Waals surface area contributed by atoms with Crippen molar-refractivity contribution in [3.05, 3.63) is 107 Å². The highest BCUT2D eigenvalue weighted by atomic mass is 35.5. The van der Waals surface area contributed by atoms with Crippen LogP contribution in [0.4, 0.5) is 0 Å². The fourth-order valence-electron chi connectivity index (χ4n) is 3.75. The van der Waals surface area contributed by atoms with Crippen molar-refractivity contribution in [2.45, 2.75) is 13.2 Å². The van der Waals surface area contributed by atoms with E-state index in [1.165, 1.54) is 0 Å². The van der Waals surface area contributed by atoms with Crippen LogP contribution in [0.3, 0.4) is 0 Å². The lowest BCUT2D eigenvalue weighted by atomic mass is 10.2. The Kier molecular flexibility index (Phi) is 5.14. The summed E-state index contributed by atoms with van der Waals surface area (Å²) in [4.78, 5) is 16.3. The molecule has 2 heterocycles. The van der Waals surface area contributed by atoms with Gasteiger partial charge in [0.1, 0.15) is 12.4 Å². The molecule has 0 fully saturated rings. The molecule has 5 rings (SSSR count). The number of ether oxygens (including phenoxy) is 1. The zero-order valence-electron chi connectivity index (χ0n) is 16.7. The number of hydrogen-bond acceptors (Lipinski definition) is 3. The molecular formula is C26H19ClN2O2. The zero-order valence-corrected chi connectivity index (χ0v) is 17.4. The predicted octanol–water partition coefficient (Wildman–Crippen LogP) is 6.28. The SMILES string of the molecule is O=Cc1cn(Cc2ccc(Cl)cc2)c2ccc(OCc3ccc4ccccc4n3)cc12. The third kappa shape index (κ3) is 4.03. The van der Waals surface area contributed by atoms with E-state index in [1.807, 2.05) is 85.1 Å². The van der Waals surface area contributed by atoms with Crippen LogP contribution in [0.2, 0.25) is 5.02 Å². The summed E-state index contributed by atoms with van der Waals surface area (Å²) in [7, 11) is 0. The number of halogens is 1. The smallest absolute Gasteiger partial charge is 0.152 e. The second kappa shape index (κ2) is 8.25. The summed E-state index contributed by atoms with van der Waals surface area (Å²) in [6, 6.07) is 25.6. The lowest BCUT2D eigenvalue weighted by Gasteiger charge is -2.09. The Labute approximate surface area is 184 Å². The quantitative estimate of drug-likeness (QED) is 0.300. The Bertz CT molecular complexity index is 1390. The second-order valence-corrected chi connectivity index (χ2v) is 7.86. The number of pyridine rings is 1. The zero-order chi connectivity index (χ0) is 21.2. The van der Waals surface area contributed by atoms with E-state index in [0.29, 0.717) is 29.5 Å². The maximum absolute atomic E-state index is 11.7. The summed E-state index contributed by atoms with van der Waals surface area (Å²) < 4.78 is 8.05. The van der Waals surface area contributed by atoms with Crippen molar-refractivity contribution in [3.63, 3.8) is 0 Å². The number of fused-ring (bicyclic) bond motifs is 2. The standard InChI is InChI=1S/C26H19ClN2O2/c27-21-8-5-18(6-9-21)14-29-15-20(16-30)24-13-23(11-12-26(24)29)31-17-22-10-7-19-3-1-2-4-25(19)28-22/h1-13,15-16H,14,17H2. The molecule has 4 nitrogen and oxygen atoms in total. The molecular weight excluding hydrogens is 408 g/mol. The number of benzene rings is 3. The molecule has 0 aliphatic heterocycles. The molecule has 0 saturated heterocycles. The van der Waals surface area contributed by atoms with E-state index in [1.54, 1.807) is 0 Å². The van der Waals surface area contributed by atoms with Crippen LogP contribution in [-0.2, 0) is 13.2 Å². The van der Waals surface area contributed by atoms with E-state index in [2.05, 4.69) is 9.55 Å². The van der Waals surface area contributed by atoms with Gasteiger partial charge in [0.25, 0.3) is 0 Å². The van der Waals surface area contributed by atoms with Gasteiger partial charge in [-0.2, -0.15) is 0 Å². The van der Waals surface area contributed by atoms with Gasteiger partial charge in [-0.05, 0) is 48.0 Å². The number of nitrogens with zero attached hydrogens (tertiary/aromatic N) is 2. The predicted molar refractivity (Wildman–Crippen MR) is 124 cm³/mol. The van der Waals surface area contributed by atoms with Gasteiger partial charge in [-0.3, -0.25) is 4.79 Å². The van der Waals surface area contributed by atoms with Crippen LogP contribution in [0.1, 0.15) is 21.6 Å². The minimum absolute atomic E-state index is 0.359. The molecule has 152 valence electrons. The highest BCUT2D eigenvalue weighted by molar-refractivity contribution is 6.30. The van der Waals surface area contributed by atoms with Gasteiger partial charge in [0.05, 0.1) is 11.2 Å². The number of para-hydroxylation sites is 1. The Balaban J connectivity index is 1.39. The molecule has 31 heavy (non-hydrogen) atoms. The first-order valence-electron chi connectivity index (χ1n) is 9.99. The summed E-state index contributed by atoms with van der Waals surface area (Å²) in [6.07, 6.45) is 2.76. The second-order valence-electron chi connectivity index (χ2n) is 7.42. The molecule has 2 aromatic heterocycles. The van der Waals surface area contributed by atoms with Crippen LogP contribution in [0.15, 0.2) is 85.1 Å². The highest BCUT2D eigenvalue weighted by Crippen LogP contribution is 2.27. The minimum Gasteiger partial charge on any atom is -0.487 e. The first-order valence-corrected chi connectivity index (χ1v) is 10.4. The van der Waals surface area contributed by atoms with E-state index in [0.717, 1.165) is 39.3 Å². The van der Waals surface area contributed by atoms with Crippen molar-refractivity contribution >= 4 is 39.7 Å². The molecule has 0 amide bonds. The van der Waals surface area contributed by atoms with Gasteiger partial charge in [-0.15, -0.1) is 0 Å². The molecule has 0 spiro atoms. The lowest BCUT2D eigenvalue weighted by Crippen LogP contribution is -1.99. The third-order valence-corrected chi connectivity index (χ3v) is 5.57. The Hall–Kier alpha value is -3.63. The average molecular weight is 427 g/mol. The molecule has 3 aromatic carbocycles. The molecule has 0 aliphatic rings. The van der Waals surface area contributed by atoms with Gasteiger partial charge in [0.2, 0.25) is 0 Å². The van der Waals surface area contributed by atoms with E-state index >= 15 is 0 Å². The fraction of sp³-hybridized carbons (Fsp3) is 0.0769. The molecule has 0 N–H and O–H groups in total. The first kappa shape index (κ1) is 19.3. The van der Waals surface area contributed by atoms with Crippen molar-refractivity contribution in [1.82, 2.24) is 9.55 Å². The summed E-state index contributed by atoms with van der Waals surface area (Å²) in [5.74, 6) is 0.704. The van der Waals surface area contributed by atoms with Crippen molar-refractivity contribution in [2.24, 2.45) is 0 Å². The Morgan fingerprint density at radius 2 is 1.81 bits per heavy atom. The Morgan fingerprint density at radius 3 is 2.65 bits per heavy atom. The lowest BCUT2D eigenvalue weighted by molar-refractivity contribution is 0.112. The average Bonchev–Trinajstić information content (AvgIpc) is 3.16. The van der Waals surface area contributed by atoms with Crippen LogP contribution in [0.25, 0.3) is 21.8 Å². The maximum Gasteiger partial charge on any atom is 0.152 e. The van der Waals surface area contributed by atoms with Crippen molar-refractivity contribution < 1.29 is 9.53 Å². The number of rotatable bonds is 6. The van der Waals surface area contributed by atoms with E-state index in [9.17, 15) is 4.79 Å². The van der Waals surface area contributed by atoms with Crippen LogP contribution in [0, 0.1) is 0 Å². The molecule has 0 radical (unpaired) electrons. The monoisotopic (exact) mass is 426 g/mol. The topological polar surface area (TPSA) is 44.1 Å². The largest absolute Gasteiger partial charge is 0.487 e. The number of aldehydes is 1. The van der Waals surface area contributed by atoms with Gasteiger partial charge in [-0.25, -0.2) is 4.98 Å². The molecule has 0 bridgehead atoms. The van der Waals surface area contributed by atoms with Crippen molar-refractivity contribution in [3.8, 4) is 5.75 Å². The molecule has 0 saturated carbocycles. The van der Waals surface area contributed by atoms with Crippen molar-refractivity contribution in [2.75, 3.05) is 0 Å². The molecule has 0 atom stereocenters. The highest BCUT2D eigenvalue weighted by Gasteiger charge is 2.10. The molecule has 0 aliphatic carbocycles. The molecule has 5 aromatic rings. The minimum atomic E-state index is 0.359. The van der Waals surface area contributed by atoms with Gasteiger partial charge < -0.3 is 9.30 Å². The summed E-state index contributed by atoms with van der Waals surface area (Å²) in [5, 5.41) is 2.68. The van der Waals surface area contributed by atoms with Gasteiger partial charge in [-0.1, -0.05) is 48.0 Å². The summed E-state index contributed by atoms with van der Waals surface area (Å²) in [6.45, 7) is 1.01. The van der Waals surface area contributed by atoms with Crippen molar-refractivity contribution in [1.29, 1.82) is 0 Å². The van der Waals surface area contributed by atoms with Gasteiger partial charge in [0, 0.05) is 39.6 Å². The van der Waals surface area contributed by atoms with Crippen LogP contribution in [0.5, 0.6) is 5.75 Å². The van der Waals surface area contributed by atoms with E-state index < -0.39 is 0 Å². The number of carbonyl (C=O) groups excluding carboxylic acids is 1. The maximum atomic E-state index is 11.7. The van der Waals surface area contributed by atoms with E-state index in [-0.39, 0.29) is 0 Å². The number of hydrogen-bond donors (Lipinski definition) is 0. The van der Waals surface area contributed by atoms with Gasteiger partial charge in [0.15, 0.2) is 6.29 Å². The summed E-state index contributed by atoms with van der Waals surface area (Å²) in [5.41, 5.74) is 4.53. The van der Waals surface area contributed by atoms with Crippen LogP contribution < -0.4 is 4.74 Å². The van der Waals surface area contributed by atoms with Crippen LogP contribution in [-0.4, -0.2) is 15.8 Å². The number of aromatic nitrogens is 2. The first-order chi connectivity index (χ1) is 15.2. The number of carbonyl (C=O) groups is 1. The molecule has 5 heteroatoms. The molecule has 0 unspecified atom stereocenters. The summed E-state index contributed by atoms with van der Waals surface area (Å²) >= 11 is 5.98. The Morgan fingerprint density at radius 1 is 0.968 bits per heavy atom. The van der Waals surface area contributed by atoms with Crippen LogP contribution >= 0.6 is 11.6 Å².